The molecule has 1 saturated heterocycles. The number of nitrogens with zero attached hydrogens (tertiary/aromatic N) is 2. The minimum Gasteiger partial charge on any atom is -0.450 e. The highest BCUT2D eigenvalue weighted by molar-refractivity contribution is 14.0. The molecule has 9 heteroatoms. The molecule has 0 aromatic carbocycles. The number of nitrogens with one attached hydrogen (secondary N) is 3. The SMILES string of the molecule is CCNC(=NCC(CC(C)C)NC(=O)OCC)N1CCC(CC(=O)NC)CC1.I. The molecule has 3 N–H and O–H groups in total. The first-order valence-electron chi connectivity index (χ1n) is 10.6. The summed E-state index contributed by atoms with van der Waals surface area (Å²) in [6, 6.07) is -0.0569. The number of hydrogen-bond donors (Lipinski definition) is 3. The molecule has 1 heterocycles. The lowest BCUT2D eigenvalue weighted by molar-refractivity contribution is -0.121. The molecule has 0 spiro atoms. The Kier molecular flexibility index (Phi) is 14.9. The summed E-state index contributed by atoms with van der Waals surface area (Å²) in [6.07, 6.45) is 3.01. The average Bonchev–Trinajstić information content (AvgIpc) is 2.65. The number of rotatable bonds is 9. The highest BCUT2D eigenvalue weighted by atomic mass is 127. The fourth-order valence-corrected chi connectivity index (χ4v) is 3.42. The van der Waals surface area contributed by atoms with Gasteiger partial charge in [0.15, 0.2) is 5.96 Å². The number of alkyl carbamates (subject to hydrolysis) is 1. The second-order valence-electron chi connectivity index (χ2n) is 7.69. The molecule has 2 amide bonds. The van der Waals surface area contributed by atoms with Crippen molar-refractivity contribution in [1.82, 2.24) is 20.9 Å². The number of amides is 2. The highest BCUT2D eigenvalue weighted by Crippen LogP contribution is 2.20. The van der Waals surface area contributed by atoms with E-state index in [0.717, 1.165) is 44.9 Å². The second kappa shape index (κ2) is 15.6. The number of hydrogen-bond acceptors (Lipinski definition) is 4. The van der Waals surface area contributed by atoms with Crippen molar-refractivity contribution in [2.24, 2.45) is 16.8 Å². The minimum atomic E-state index is -0.386. The quantitative estimate of drug-likeness (QED) is 0.245. The molecule has 0 radical (unpaired) electrons. The lowest BCUT2D eigenvalue weighted by atomic mass is 9.93. The summed E-state index contributed by atoms with van der Waals surface area (Å²) in [7, 11) is 1.69. The first-order valence-corrected chi connectivity index (χ1v) is 10.6. The monoisotopic (exact) mass is 525 g/mol. The van der Waals surface area contributed by atoms with Crippen LogP contribution < -0.4 is 16.0 Å². The van der Waals surface area contributed by atoms with Gasteiger partial charge in [-0.05, 0) is 44.9 Å². The molecule has 1 aliphatic heterocycles. The molecule has 1 rings (SSSR count). The van der Waals surface area contributed by atoms with E-state index >= 15 is 0 Å². The van der Waals surface area contributed by atoms with Crippen molar-refractivity contribution >= 4 is 41.9 Å². The summed E-state index contributed by atoms with van der Waals surface area (Å²) in [6.45, 7) is 11.5. The molecule has 0 bridgehead atoms. The van der Waals surface area contributed by atoms with E-state index in [-0.39, 0.29) is 42.0 Å². The Morgan fingerprint density at radius 2 is 1.86 bits per heavy atom. The van der Waals surface area contributed by atoms with Crippen LogP contribution in [0.1, 0.15) is 53.4 Å². The number of ether oxygens (including phenoxy) is 1. The molecule has 170 valence electrons. The Hall–Kier alpha value is -1.26. The second-order valence-corrected chi connectivity index (χ2v) is 7.69. The fourth-order valence-electron chi connectivity index (χ4n) is 3.42. The maximum Gasteiger partial charge on any atom is 0.407 e. The van der Waals surface area contributed by atoms with Gasteiger partial charge in [-0.3, -0.25) is 9.79 Å². The summed E-state index contributed by atoms with van der Waals surface area (Å²) >= 11 is 0. The number of likely N-dealkylation sites (tertiary alicyclic amines) is 1. The number of carbonyl (C=O) groups excluding carboxylic acids is 2. The van der Waals surface area contributed by atoms with Crippen LogP contribution in [0.15, 0.2) is 4.99 Å². The Morgan fingerprint density at radius 3 is 2.38 bits per heavy atom. The maximum absolute atomic E-state index is 11.8. The third-order valence-corrected chi connectivity index (χ3v) is 4.82. The first kappa shape index (κ1) is 27.7. The van der Waals surface area contributed by atoms with Gasteiger partial charge < -0.3 is 25.6 Å². The van der Waals surface area contributed by atoms with Crippen molar-refractivity contribution in [3.8, 4) is 0 Å². The third-order valence-electron chi connectivity index (χ3n) is 4.82. The summed E-state index contributed by atoms with van der Waals surface area (Å²) in [5.74, 6) is 1.87. The van der Waals surface area contributed by atoms with Crippen LogP contribution in [-0.2, 0) is 9.53 Å². The number of guanidine groups is 1. The van der Waals surface area contributed by atoms with Gasteiger partial charge in [-0.2, -0.15) is 0 Å². The van der Waals surface area contributed by atoms with Gasteiger partial charge in [0.2, 0.25) is 5.91 Å². The summed E-state index contributed by atoms with van der Waals surface area (Å²) in [5, 5.41) is 8.99. The molecule has 8 nitrogen and oxygen atoms in total. The normalized spacial score (nSPS) is 16.1. The van der Waals surface area contributed by atoms with Gasteiger partial charge in [-0.25, -0.2) is 4.79 Å². The fraction of sp³-hybridized carbons (Fsp3) is 0.850. The van der Waals surface area contributed by atoms with Gasteiger partial charge in [-0.1, -0.05) is 13.8 Å². The van der Waals surface area contributed by atoms with Crippen molar-refractivity contribution in [3.05, 3.63) is 0 Å². The van der Waals surface area contributed by atoms with E-state index in [0.29, 0.717) is 31.4 Å². The van der Waals surface area contributed by atoms with Crippen LogP contribution in [0.5, 0.6) is 0 Å². The van der Waals surface area contributed by atoms with Crippen LogP contribution in [0, 0.1) is 11.8 Å². The van der Waals surface area contributed by atoms with Gasteiger partial charge >= 0.3 is 6.09 Å². The van der Waals surface area contributed by atoms with Crippen LogP contribution in [0.3, 0.4) is 0 Å². The molecule has 29 heavy (non-hydrogen) atoms. The van der Waals surface area contributed by atoms with Gasteiger partial charge in [0, 0.05) is 33.1 Å². The van der Waals surface area contributed by atoms with Gasteiger partial charge in [-0.15, -0.1) is 24.0 Å². The molecule has 1 fully saturated rings. The largest absolute Gasteiger partial charge is 0.450 e. The van der Waals surface area contributed by atoms with Crippen molar-refractivity contribution < 1.29 is 14.3 Å². The van der Waals surface area contributed by atoms with Crippen LogP contribution in [-0.4, -0.2) is 68.7 Å². The van der Waals surface area contributed by atoms with Crippen molar-refractivity contribution in [2.75, 3.05) is 39.8 Å². The standard InChI is InChI=1S/C20H39N5O3.HI/c1-6-22-19(25-10-8-16(9-11-25)13-18(26)21-5)23-14-17(12-15(3)4)24-20(27)28-7-2;/h15-17H,6-14H2,1-5H3,(H,21,26)(H,22,23)(H,24,27);1H. The highest BCUT2D eigenvalue weighted by Gasteiger charge is 2.23. The molecule has 0 saturated carbocycles. The van der Waals surface area contributed by atoms with Crippen molar-refractivity contribution in [2.45, 2.75) is 59.4 Å². The number of aliphatic imine (C=N–C) groups is 1. The molecule has 1 unspecified atom stereocenters. The van der Waals surface area contributed by atoms with E-state index in [1.54, 1.807) is 14.0 Å². The van der Waals surface area contributed by atoms with Crippen LogP contribution in [0.4, 0.5) is 4.79 Å². The van der Waals surface area contributed by atoms with E-state index in [9.17, 15) is 9.59 Å². The Balaban J connectivity index is 0.00000784. The molecular weight excluding hydrogens is 485 g/mol. The van der Waals surface area contributed by atoms with Gasteiger partial charge in [0.25, 0.3) is 0 Å². The van der Waals surface area contributed by atoms with E-state index in [4.69, 9.17) is 9.73 Å². The predicted octanol–water partition coefficient (Wildman–Crippen LogP) is 2.58. The van der Waals surface area contributed by atoms with Crippen molar-refractivity contribution in [3.63, 3.8) is 0 Å². The Labute approximate surface area is 193 Å². The average molecular weight is 525 g/mol. The molecule has 1 atom stereocenters. The first-order chi connectivity index (χ1) is 13.4. The molecule has 0 aromatic heterocycles. The summed E-state index contributed by atoms with van der Waals surface area (Å²) in [4.78, 5) is 30.4. The smallest absolute Gasteiger partial charge is 0.407 e. The Bertz CT molecular complexity index is 508. The topological polar surface area (TPSA) is 95.1 Å². The van der Waals surface area contributed by atoms with Crippen LogP contribution >= 0.6 is 24.0 Å². The van der Waals surface area contributed by atoms with Crippen LogP contribution in [0.25, 0.3) is 0 Å². The number of carbonyl (C=O) groups is 2. The Morgan fingerprint density at radius 1 is 1.21 bits per heavy atom. The zero-order valence-corrected chi connectivity index (χ0v) is 21.0. The minimum absolute atomic E-state index is 0. The summed E-state index contributed by atoms with van der Waals surface area (Å²) < 4.78 is 5.02. The zero-order chi connectivity index (χ0) is 20.9. The van der Waals surface area contributed by atoms with E-state index in [2.05, 4.69) is 41.6 Å². The van der Waals surface area contributed by atoms with E-state index < -0.39 is 0 Å². The molecule has 1 aliphatic rings. The molecular formula is C20H40IN5O3. The van der Waals surface area contributed by atoms with Crippen LogP contribution in [0.2, 0.25) is 0 Å². The molecule has 0 aromatic rings. The number of piperidine rings is 1. The van der Waals surface area contributed by atoms with E-state index in [1.807, 2.05) is 0 Å². The van der Waals surface area contributed by atoms with Gasteiger partial charge in [0.1, 0.15) is 0 Å². The molecule has 0 aliphatic carbocycles. The predicted molar refractivity (Wildman–Crippen MR) is 128 cm³/mol. The van der Waals surface area contributed by atoms with E-state index in [1.165, 1.54) is 0 Å². The zero-order valence-electron chi connectivity index (χ0n) is 18.6. The maximum atomic E-state index is 11.8. The summed E-state index contributed by atoms with van der Waals surface area (Å²) in [5.41, 5.74) is 0. The lowest BCUT2D eigenvalue weighted by Gasteiger charge is -2.34. The third kappa shape index (κ3) is 11.5. The lowest BCUT2D eigenvalue weighted by Crippen LogP contribution is -2.47. The van der Waals surface area contributed by atoms with Gasteiger partial charge in [0.05, 0.1) is 19.2 Å². The number of halogens is 1. The van der Waals surface area contributed by atoms with Crippen molar-refractivity contribution in [1.29, 1.82) is 0 Å².